The van der Waals surface area contributed by atoms with Crippen molar-refractivity contribution in [1.29, 1.82) is 0 Å². The maximum absolute atomic E-state index is 12.1. The summed E-state index contributed by atoms with van der Waals surface area (Å²) in [5.74, 6) is -1.17. The molecule has 104 valence electrons. The van der Waals surface area contributed by atoms with Crippen molar-refractivity contribution in [3.63, 3.8) is 0 Å². The van der Waals surface area contributed by atoms with E-state index in [0.717, 1.165) is 10.9 Å². The lowest BCUT2D eigenvalue weighted by atomic mass is 10.1. The van der Waals surface area contributed by atoms with Crippen LogP contribution in [0.25, 0.3) is 0 Å². The lowest BCUT2D eigenvalue weighted by Gasteiger charge is -2.16. The number of hydrogen-bond acceptors (Lipinski definition) is 2. The Bertz CT molecular complexity index is 477. The molecule has 6 heteroatoms. The van der Waals surface area contributed by atoms with Crippen molar-refractivity contribution >= 4 is 43.7 Å². The number of benzene rings is 1. The first-order valence-electron chi connectivity index (χ1n) is 5.91. The summed E-state index contributed by atoms with van der Waals surface area (Å²) in [7, 11) is 0. The first kappa shape index (κ1) is 16.2. The summed E-state index contributed by atoms with van der Waals surface area (Å²) >= 11 is 6.63. The van der Waals surface area contributed by atoms with Gasteiger partial charge in [-0.1, -0.05) is 29.3 Å². The highest BCUT2D eigenvalue weighted by molar-refractivity contribution is 9.11. The molecule has 0 heterocycles. The molecule has 1 aromatic carbocycles. The van der Waals surface area contributed by atoms with Crippen LogP contribution in [0.15, 0.2) is 27.1 Å². The molecule has 0 radical (unpaired) electrons. The number of hydrogen-bond donors (Lipinski definition) is 2. The number of carboxylic acid groups (broad SMARTS) is 1. The van der Waals surface area contributed by atoms with E-state index >= 15 is 0 Å². The van der Waals surface area contributed by atoms with Gasteiger partial charge >= 0.3 is 5.97 Å². The summed E-state index contributed by atoms with van der Waals surface area (Å²) in [5.41, 5.74) is 0.495. The van der Waals surface area contributed by atoms with Gasteiger partial charge in [0.1, 0.15) is 0 Å². The molecule has 0 aliphatic rings. The van der Waals surface area contributed by atoms with Gasteiger partial charge in [-0.2, -0.15) is 0 Å². The van der Waals surface area contributed by atoms with Crippen LogP contribution >= 0.6 is 31.9 Å². The van der Waals surface area contributed by atoms with Gasteiger partial charge in [0, 0.05) is 15.0 Å². The van der Waals surface area contributed by atoms with Crippen molar-refractivity contribution in [1.82, 2.24) is 5.32 Å². The van der Waals surface area contributed by atoms with Gasteiger partial charge in [-0.25, -0.2) is 0 Å². The second-order valence-electron chi connectivity index (χ2n) is 4.18. The molecule has 1 amide bonds. The molecule has 0 saturated heterocycles. The number of halogens is 2. The highest BCUT2D eigenvalue weighted by atomic mass is 79.9. The molecule has 2 N–H and O–H groups in total. The van der Waals surface area contributed by atoms with Gasteiger partial charge < -0.3 is 10.4 Å². The van der Waals surface area contributed by atoms with Crippen LogP contribution in [0, 0.1) is 0 Å². The molecule has 1 atom stereocenters. The first-order valence-corrected chi connectivity index (χ1v) is 7.50. The third kappa shape index (κ3) is 5.32. The van der Waals surface area contributed by atoms with Crippen LogP contribution in [-0.4, -0.2) is 23.0 Å². The molecule has 1 unspecified atom stereocenters. The standard InChI is InChI=1S/C13H15Br2NO3/c1-2-3-9(7-12(17)18)16-13(19)10-5-4-8(14)6-11(10)15/h4-6,9H,2-3,7H2,1H3,(H,16,19)(H,17,18). The summed E-state index contributed by atoms with van der Waals surface area (Å²) in [5, 5.41) is 11.6. The third-order valence-electron chi connectivity index (χ3n) is 2.57. The van der Waals surface area contributed by atoms with E-state index < -0.39 is 5.97 Å². The van der Waals surface area contributed by atoms with Gasteiger partial charge in [0.2, 0.25) is 0 Å². The second kappa shape index (κ2) is 7.65. The van der Waals surface area contributed by atoms with Crippen LogP contribution in [0.4, 0.5) is 0 Å². The van der Waals surface area contributed by atoms with Crippen molar-refractivity contribution in [2.75, 3.05) is 0 Å². The summed E-state index contributed by atoms with van der Waals surface area (Å²) in [6.45, 7) is 1.95. The molecule has 0 aromatic heterocycles. The predicted molar refractivity (Wildman–Crippen MR) is 80.3 cm³/mol. The number of carboxylic acids is 1. The molecule has 0 spiro atoms. The van der Waals surface area contributed by atoms with E-state index in [0.29, 0.717) is 16.5 Å². The molecule has 0 aliphatic carbocycles. The van der Waals surface area contributed by atoms with E-state index in [4.69, 9.17) is 5.11 Å². The van der Waals surface area contributed by atoms with Crippen molar-refractivity contribution in [2.24, 2.45) is 0 Å². The quantitative estimate of drug-likeness (QED) is 0.777. The van der Waals surface area contributed by atoms with E-state index in [-0.39, 0.29) is 18.4 Å². The average molecular weight is 393 g/mol. The fourth-order valence-corrected chi connectivity index (χ4v) is 2.95. The van der Waals surface area contributed by atoms with Gasteiger partial charge in [-0.15, -0.1) is 0 Å². The monoisotopic (exact) mass is 391 g/mol. The maximum atomic E-state index is 12.1. The Morgan fingerprint density at radius 2 is 2.05 bits per heavy atom. The van der Waals surface area contributed by atoms with Gasteiger partial charge in [0.25, 0.3) is 5.91 Å². The lowest BCUT2D eigenvalue weighted by Crippen LogP contribution is -2.36. The van der Waals surface area contributed by atoms with Crippen LogP contribution in [0.3, 0.4) is 0 Å². The Kier molecular flexibility index (Phi) is 6.51. The molecular formula is C13H15Br2NO3. The largest absolute Gasteiger partial charge is 0.481 e. The minimum absolute atomic E-state index is 0.0618. The molecule has 1 rings (SSSR count). The molecule has 0 bridgehead atoms. The zero-order valence-corrected chi connectivity index (χ0v) is 13.6. The molecule has 19 heavy (non-hydrogen) atoms. The fourth-order valence-electron chi connectivity index (χ4n) is 1.72. The number of carbonyl (C=O) groups excluding carboxylic acids is 1. The molecule has 0 saturated carbocycles. The van der Waals surface area contributed by atoms with Crippen LogP contribution in [0.5, 0.6) is 0 Å². The Balaban J connectivity index is 2.78. The van der Waals surface area contributed by atoms with Crippen LogP contribution in [-0.2, 0) is 4.79 Å². The average Bonchev–Trinajstić information content (AvgIpc) is 2.27. The number of nitrogens with one attached hydrogen (secondary N) is 1. The molecule has 1 aromatic rings. The molecular weight excluding hydrogens is 378 g/mol. The van der Waals surface area contributed by atoms with E-state index in [2.05, 4.69) is 37.2 Å². The van der Waals surface area contributed by atoms with E-state index in [1.165, 1.54) is 0 Å². The minimum atomic E-state index is -0.909. The van der Waals surface area contributed by atoms with Crippen LogP contribution < -0.4 is 5.32 Å². The highest BCUT2D eigenvalue weighted by Crippen LogP contribution is 2.22. The maximum Gasteiger partial charge on any atom is 0.305 e. The van der Waals surface area contributed by atoms with Crippen LogP contribution in [0.2, 0.25) is 0 Å². The molecule has 4 nitrogen and oxygen atoms in total. The number of carbonyl (C=O) groups is 2. The fraction of sp³-hybridized carbons (Fsp3) is 0.385. The van der Waals surface area contributed by atoms with E-state index in [1.807, 2.05) is 6.92 Å². The lowest BCUT2D eigenvalue weighted by molar-refractivity contribution is -0.137. The number of amides is 1. The minimum Gasteiger partial charge on any atom is -0.481 e. The summed E-state index contributed by atoms with van der Waals surface area (Å²) < 4.78 is 1.54. The normalized spacial score (nSPS) is 11.9. The SMILES string of the molecule is CCCC(CC(=O)O)NC(=O)c1ccc(Br)cc1Br. The third-order valence-corrected chi connectivity index (χ3v) is 3.72. The van der Waals surface area contributed by atoms with Crippen molar-refractivity contribution in [3.05, 3.63) is 32.7 Å². The summed E-state index contributed by atoms with van der Waals surface area (Å²) in [4.78, 5) is 22.8. The van der Waals surface area contributed by atoms with Crippen molar-refractivity contribution < 1.29 is 14.7 Å². The predicted octanol–water partition coefficient (Wildman–Crippen LogP) is 3.58. The Morgan fingerprint density at radius 1 is 1.37 bits per heavy atom. The molecule has 0 aliphatic heterocycles. The Morgan fingerprint density at radius 3 is 2.58 bits per heavy atom. The van der Waals surface area contributed by atoms with Gasteiger partial charge in [-0.05, 0) is 40.5 Å². The topological polar surface area (TPSA) is 66.4 Å². The number of rotatable bonds is 6. The second-order valence-corrected chi connectivity index (χ2v) is 5.95. The smallest absolute Gasteiger partial charge is 0.305 e. The first-order chi connectivity index (χ1) is 8.93. The van der Waals surface area contributed by atoms with Crippen molar-refractivity contribution in [3.8, 4) is 0 Å². The zero-order valence-electron chi connectivity index (χ0n) is 10.5. The van der Waals surface area contributed by atoms with Crippen LogP contribution in [0.1, 0.15) is 36.5 Å². The molecule has 0 fully saturated rings. The van der Waals surface area contributed by atoms with E-state index in [1.54, 1.807) is 18.2 Å². The highest BCUT2D eigenvalue weighted by Gasteiger charge is 2.17. The van der Waals surface area contributed by atoms with E-state index in [9.17, 15) is 9.59 Å². The number of aliphatic carboxylic acids is 1. The Labute approximate surface area is 128 Å². The summed E-state index contributed by atoms with van der Waals surface area (Å²) in [6, 6.07) is 4.89. The van der Waals surface area contributed by atoms with Gasteiger partial charge in [0.05, 0.1) is 12.0 Å². The van der Waals surface area contributed by atoms with Gasteiger partial charge in [-0.3, -0.25) is 9.59 Å². The van der Waals surface area contributed by atoms with Crippen molar-refractivity contribution in [2.45, 2.75) is 32.2 Å². The zero-order chi connectivity index (χ0) is 14.4. The van der Waals surface area contributed by atoms with Gasteiger partial charge in [0.15, 0.2) is 0 Å². The Hall–Kier alpha value is -0.880. The summed E-state index contributed by atoms with van der Waals surface area (Å²) in [6.07, 6.45) is 1.40.